The molecule has 16 heavy (non-hydrogen) atoms. The Balaban J connectivity index is 3.19. The summed E-state index contributed by atoms with van der Waals surface area (Å²) in [6.45, 7) is 6.25. The van der Waals surface area contributed by atoms with Crippen LogP contribution in [0.3, 0.4) is 0 Å². The summed E-state index contributed by atoms with van der Waals surface area (Å²) in [5.41, 5.74) is 1.68. The summed E-state index contributed by atoms with van der Waals surface area (Å²) < 4.78 is 0. The fraction of sp³-hybridized carbons (Fsp3) is 0.250. The third-order valence-electron chi connectivity index (χ3n) is 2.11. The maximum absolute atomic E-state index is 11.1. The molecule has 0 unspecified atom stereocenters. The second-order valence-electron chi connectivity index (χ2n) is 3.75. The second kappa shape index (κ2) is 5.03. The van der Waals surface area contributed by atoms with E-state index in [-0.39, 0.29) is 5.56 Å². The Labute approximate surface area is 100.0 Å². The highest BCUT2D eigenvalue weighted by molar-refractivity contribution is 6.34. The van der Waals surface area contributed by atoms with E-state index in [0.29, 0.717) is 17.3 Å². The molecule has 1 N–H and O–H groups in total. The number of rotatable bonds is 4. The number of aromatic carboxylic acids is 1. The Morgan fingerprint density at radius 3 is 2.69 bits per heavy atom. The first-order chi connectivity index (χ1) is 7.43. The monoisotopic (exact) mass is 239 g/mol. The lowest BCUT2D eigenvalue weighted by Crippen LogP contribution is -2.22. The van der Waals surface area contributed by atoms with Gasteiger partial charge in [-0.25, -0.2) is 4.79 Å². The van der Waals surface area contributed by atoms with Crippen LogP contribution in [0.1, 0.15) is 17.3 Å². The number of hydrogen-bond acceptors (Lipinski definition) is 2. The van der Waals surface area contributed by atoms with Gasteiger partial charge in [0.2, 0.25) is 0 Å². The van der Waals surface area contributed by atoms with E-state index < -0.39 is 5.97 Å². The van der Waals surface area contributed by atoms with Crippen LogP contribution in [0.4, 0.5) is 5.69 Å². The molecule has 0 aliphatic heterocycles. The number of carboxylic acids is 1. The molecule has 0 radical (unpaired) electrons. The summed E-state index contributed by atoms with van der Waals surface area (Å²) >= 11 is 6.02. The maximum atomic E-state index is 11.1. The highest BCUT2D eigenvalue weighted by Crippen LogP contribution is 2.29. The van der Waals surface area contributed by atoms with Crippen molar-refractivity contribution in [3.8, 4) is 0 Å². The fourth-order valence-corrected chi connectivity index (χ4v) is 1.88. The van der Waals surface area contributed by atoms with E-state index in [1.807, 2.05) is 6.92 Å². The molecule has 0 aliphatic rings. The predicted molar refractivity (Wildman–Crippen MR) is 66.5 cm³/mol. The number of carboxylic acid groups (broad SMARTS) is 1. The van der Waals surface area contributed by atoms with Crippen LogP contribution in [0.15, 0.2) is 30.4 Å². The lowest BCUT2D eigenvalue weighted by molar-refractivity contribution is 0.0697. The third-order valence-corrected chi connectivity index (χ3v) is 2.41. The van der Waals surface area contributed by atoms with Crippen molar-refractivity contribution in [2.75, 3.05) is 18.5 Å². The lowest BCUT2D eigenvalue weighted by atomic mass is 10.1. The summed E-state index contributed by atoms with van der Waals surface area (Å²) in [5.74, 6) is -0.980. The lowest BCUT2D eigenvalue weighted by Gasteiger charge is -2.22. The number of carbonyl (C=O) groups is 1. The Kier molecular flexibility index (Phi) is 3.96. The third kappa shape index (κ3) is 2.76. The van der Waals surface area contributed by atoms with Gasteiger partial charge in [-0.1, -0.05) is 29.8 Å². The molecular weight excluding hydrogens is 226 g/mol. The number of halogens is 1. The molecule has 3 nitrogen and oxygen atoms in total. The van der Waals surface area contributed by atoms with Gasteiger partial charge < -0.3 is 10.0 Å². The minimum atomic E-state index is -0.980. The number of nitrogens with zero attached hydrogens (tertiary/aromatic N) is 1. The normalized spacial score (nSPS) is 9.94. The zero-order valence-electron chi connectivity index (χ0n) is 9.33. The van der Waals surface area contributed by atoms with Crippen LogP contribution in [0.2, 0.25) is 5.02 Å². The van der Waals surface area contributed by atoms with Crippen molar-refractivity contribution in [1.82, 2.24) is 0 Å². The van der Waals surface area contributed by atoms with Crippen LogP contribution in [-0.4, -0.2) is 24.7 Å². The largest absolute Gasteiger partial charge is 0.478 e. The van der Waals surface area contributed by atoms with Gasteiger partial charge in [-0.2, -0.15) is 0 Å². The van der Waals surface area contributed by atoms with Gasteiger partial charge in [0.1, 0.15) is 0 Å². The first-order valence-corrected chi connectivity index (χ1v) is 5.18. The van der Waals surface area contributed by atoms with E-state index in [0.717, 1.165) is 5.57 Å². The standard InChI is InChI=1S/C12H14ClNO2/c1-8(2)7-14(3)11-9(12(15)16)5-4-6-10(11)13/h4-6H,1,7H2,2-3H3,(H,15,16). The molecule has 0 amide bonds. The Hall–Kier alpha value is -1.48. The van der Waals surface area contributed by atoms with Gasteiger partial charge in [0.25, 0.3) is 0 Å². The van der Waals surface area contributed by atoms with Gasteiger partial charge in [-0.3, -0.25) is 0 Å². The molecule has 4 heteroatoms. The van der Waals surface area contributed by atoms with Gasteiger partial charge in [-0.05, 0) is 19.1 Å². The van der Waals surface area contributed by atoms with Crippen molar-refractivity contribution >= 4 is 23.3 Å². The van der Waals surface area contributed by atoms with Crippen LogP contribution in [0, 0.1) is 0 Å². The van der Waals surface area contributed by atoms with E-state index >= 15 is 0 Å². The van der Waals surface area contributed by atoms with Crippen molar-refractivity contribution in [3.05, 3.63) is 40.9 Å². The van der Waals surface area contributed by atoms with Crippen LogP contribution in [0.5, 0.6) is 0 Å². The Morgan fingerprint density at radius 1 is 1.56 bits per heavy atom. The van der Waals surface area contributed by atoms with Gasteiger partial charge in [0.05, 0.1) is 16.3 Å². The first kappa shape index (κ1) is 12.6. The number of para-hydroxylation sites is 1. The van der Waals surface area contributed by atoms with E-state index in [1.165, 1.54) is 0 Å². The van der Waals surface area contributed by atoms with Crippen LogP contribution >= 0.6 is 11.6 Å². The highest BCUT2D eigenvalue weighted by Gasteiger charge is 2.16. The van der Waals surface area contributed by atoms with Gasteiger partial charge in [-0.15, -0.1) is 0 Å². The average Bonchev–Trinajstić information content (AvgIpc) is 2.15. The molecule has 0 atom stereocenters. The zero-order chi connectivity index (χ0) is 12.3. The summed E-state index contributed by atoms with van der Waals surface area (Å²) in [7, 11) is 1.79. The molecule has 1 rings (SSSR count). The summed E-state index contributed by atoms with van der Waals surface area (Å²) in [6, 6.07) is 4.85. The smallest absolute Gasteiger partial charge is 0.337 e. The predicted octanol–water partition coefficient (Wildman–Crippen LogP) is 3.05. The maximum Gasteiger partial charge on any atom is 0.337 e. The van der Waals surface area contributed by atoms with Crippen molar-refractivity contribution in [3.63, 3.8) is 0 Å². The van der Waals surface area contributed by atoms with Crippen LogP contribution in [-0.2, 0) is 0 Å². The molecule has 0 aromatic heterocycles. The number of hydrogen-bond donors (Lipinski definition) is 1. The van der Waals surface area contributed by atoms with Crippen molar-refractivity contribution in [2.24, 2.45) is 0 Å². The van der Waals surface area contributed by atoms with Crippen LogP contribution in [0.25, 0.3) is 0 Å². The Morgan fingerprint density at radius 2 is 2.19 bits per heavy atom. The number of likely N-dealkylation sites (N-methyl/N-ethyl adjacent to an activating group) is 1. The molecule has 1 aromatic rings. The molecule has 1 aromatic carbocycles. The Bertz CT molecular complexity index is 429. The SMILES string of the molecule is C=C(C)CN(C)c1c(Cl)cccc1C(=O)O. The molecule has 86 valence electrons. The van der Waals surface area contributed by atoms with E-state index in [9.17, 15) is 4.79 Å². The van der Waals surface area contributed by atoms with Gasteiger partial charge >= 0.3 is 5.97 Å². The number of anilines is 1. The second-order valence-corrected chi connectivity index (χ2v) is 4.16. The summed E-state index contributed by atoms with van der Waals surface area (Å²) in [4.78, 5) is 12.8. The van der Waals surface area contributed by atoms with E-state index in [1.54, 1.807) is 30.1 Å². The zero-order valence-corrected chi connectivity index (χ0v) is 10.1. The molecule has 0 saturated carbocycles. The molecule has 0 spiro atoms. The number of benzene rings is 1. The average molecular weight is 240 g/mol. The minimum Gasteiger partial charge on any atom is -0.478 e. The molecule has 0 saturated heterocycles. The van der Waals surface area contributed by atoms with Gasteiger partial charge in [0, 0.05) is 13.6 Å². The molecular formula is C12H14ClNO2. The minimum absolute atomic E-state index is 0.205. The first-order valence-electron chi connectivity index (χ1n) is 4.80. The molecule has 0 aliphatic carbocycles. The highest BCUT2D eigenvalue weighted by atomic mass is 35.5. The molecule has 0 bridgehead atoms. The molecule has 0 fully saturated rings. The van der Waals surface area contributed by atoms with E-state index in [2.05, 4.69) is 6.58 Å². The van der Waals surface area contributed by atoms with Crippen LogP contribution < -0.4 is 4.90 Å². The van der Waals surface area contributed by atoms with Crippen molar-refractivity contribution < 1.29 is 9.90 Å². The van der Waals surface area contributed by atoms with E-state index in [4.69, 9.17) is 16.7 Å². The molecule has 0 heterocycles. The summed E-state index contributed by atoms with van der Waals surface area (Å²) in [5, 5.41) is 9.50. The van der Waals surface area contributed by atoms with Crippen molar-refractivity contribution in [2.45, 2.75) is 6.92 Å². The summed E-state index contributed by atoms with van der Waals surface area (Å²) in [6.07, 6.45) is 0. The topological polar surface area (TPSA) is 40.5 Å². The fourth-order valence-electron chi connectivity index (χ4n) is 1.56. The van der Waals surface area contributed by atoms with Gasteiger partial charge in [0.15, 0.2) is 0 Å². The van der Waals surface area contributed by atoms with Crippen molar-refractivity contribution in [1.29, 1.82) is 0 Å². The quantitative estimate of drug-likeness (QED) is 0.821.